The Morgan fingerprint density at radius 2 is 2.12 bits per heavy atom. The van der Waals surface area contributed by atoms with E-state index in [1.807, 2.05) is 30.3 Å². The molecular weight excluding hydrogens is 215 g/mol. The first-order chi connectivity index (χ1) is 8.22. The third-order valence-corrected chi connectivity index (χ3v) is 2.24. The quantitative estimate of drug-likeness (QED) is 0.723. The molecule has 1 aromatic rings. The van der Waals surface area contributed by atoms with Crippen molar-refractivity contribution in [2.75, 3.05) is 6.54 Å². The van der Waals surface area contributed by atoms with E-state index in [0.717, 1.165) is 12.0 Å². The molecule has 1 aromatic carbocycles. The molecule has 0 saturated heterocycles. The summed E-state index contributed by atoms with van der Waals surface area (Å²) in [6.07, 6.45) is 0.926. The maximum Gasteiger partial charge on any atom is 0.406 e. The Kier molecular flexibility index (Phi) is 6.18. The maximum absolute atomic E-state index is 11.3. The number of carbonyl (C=O) groups is 1. The van der Waals surface area contributed by atoms with Crippen LogP contribution in [0.3, 0.4) is 0 Å². The monoisotopic (exact) mass is 232 g/mol. The number of amides is 1. The van der Waals surface area contributed by atoms with E-state index in [1.165, 1.54) is 0 Å². The van der Waals surface area contributed by atoms with Crippen LogP contribution in [0.25, 0.3) is 0 Å². The van der Waals surface area contributed by atoms with E-state index in [2.05, 4.69) is 5.32 Å². The Morgan fingerprint density at radius 1 is 1.41 bits per heavy atom. The molecule has 0 aliphatic carbocycles. The Hall–Kier alpha value is -1.49. The third-order valence-electron chi connectivity index (χ3n) is 2.24. The van der Waals surface area contributed by atoms with Crippen molar-refractivity contribution in [1.29, 1.82) is 0 Å². The van der Waals surface area contributed by atoms with Crippen LogP contribution in [-0.4, -0.2) is 26.4 Å². The molecule has 1 amide bonds. The average molecular weight is 232 g/mol. The van der Waals surface area contributed by atoms with Crippen molar-refractivity contribution < 1.29 is 9.53 Å². The first kappa shape index (κ1) is 13.6. The van der Waals surface area contributed by atoms with E-state index in [1.54, 1.807) is 0 Å². The van der Waals surface area contributed by atoms with E-state index in [9.17, 15) is 4.79 Å². The van der Waals surface area contributed by atoms with Crippen molar-refractivity contribution in [3.05, 3.63) is 35.9 Å². The average Bonchev–Trinajstić information content (AvgIpc) is 2.35. The number of ether oxygens (including phenoxy) is 1. The summed E-state index contributed by atoms with van der Waals surface area (Å²) in [6, 6.07) is 9.47. The third kappa shape index (κ3) is 5.97. The van der Waals surface area contributed by atoms with Gasteiger partial charge in [0.2, 0.25) is 0 Å². The van der Waals surface area contributed by atoms with Crippen LogP contribution >= 0.6 is 0 Å². The molecule has 17 heavy (non-hydrogen) atoms. The molecule has 0 saturated carbocycles. The van der Waals surface area contributed by atoms with Gasteiger partial charge in [-0.25, -0.2) is 4.79 Å². The predicted molar refractivity (Wildman–Crippen MR) is 67.6 cm³/mol. The highest BCUT2D eigenvalue weighted by atomic mass is 16.5. The SMILES string of the molecule is [B][C@H](CCCN)NC(=O)OCc1ccccc1. The van der Waals surface area contributed by atoms with Gasteiger partial charge in [-0.15, -0.1) is 0 Å². The molecule has 1 rings (SSSR count). The fourth-order valence-corrected chi connectivity index (χ4v) is 1.33. The molecule has 0 bridgehead atoms. The number of benzene rings is 1. The van der Waals surface area contributed by atoms with Crippen molar-refractivity contribution in [1.82, 2.24) is 5.32 Å². The first-order valence-electron chi connectivity index (χ1n) is 5.65. The van der Waals surface area contributed by atoms with Gasteiger partial charge in [-0.2, -0.15) is 0 Å². The van der Waals surface area contributed by atoms with Gasteiger partial charge in [0, 0.05) is 0 Å². The summed E-state index contributed by atoms with van der Waals surface area (Å²) in [4.78, 5) is 11.3. The van der Waals surface area contributed by atoms with Crippen LogP contribution < -0.4 is 11.1 Å². The summed E-state index contributed by atoms with van der Waals surface area (Å²) in [5.74, 6) is -0.401. The molecule has 4 nitrogen and oxygen atoms in total. The lowest BCUT2D eigenvalue weighted by Crippen LogP contribution is -2.35. The molecule has 1 atom stereocenters. The second-order valence-corrected chi connectivity index (χ2v) is 3.74. The molecule has 90 valence electrons. The van der Waals surface area contributed by atoms with Crippen LogP contribution in [0.2, 0.25) is 0 Å². The largest absolute Gasteiger partial charge is 0.445 e. The smallest absolute Gasteiger partial charge is 0.406 e. The number of carbonyl (C=O) groups excluding carboxylic acids is 1. The number of nitrogens with one attached hydrogen (secondary N) is 1. The maximum atomic E-state index is 11.3. The fraction of sp³-hybridized carbons (Fsp3) is 0.417. The van der Waals surface area contributed by atoms with Gasteiger partial charge in [-0.1, -0.05) is 30.3 Å². The van der Waals surface area contributed by atoms with E-state index >= 15 is 0 Å². The van der Waals surface area contributed by atoms with E-state index in [4.69, 9.17) is 18.3 Å². The Bertz CT molecular complexity index is 333. The minimum atomic E-state index is -0.502. The minimum absolute atomic E-state index is 0.246. The van der Waals surface area contributed by atoms with E-state index in [0.29, 0.717) is 13.0 Å². The fourth-order valence-electron chi connectivity index (χ4n) is 1.33. The summed E-state index contributed by atoms with van der Waals surface area (Å²) in [7, 11) is 5.66. The summed E-state index contributed by atoms with van der Waals surface area (Å²) in [6.45, 7) is 0.810. The first-order valence-corrected chi connectivity index (χ1v) is 5.65. The number of alkyl carbamates (subject to hydrolysis) is 1. The van der Waals surface area contributed by atoms with Crippen molar-refractivity contribution in [3.63, 3.8) is 0 Å². The van der Waals surface area contributed by atoms with Crippen LogP contribution in [-0.2, 0) is 11.3 Å². The summed E-state index contributed by atoms with van der Waals surface area (Å²) < 4.78 is 5.02. The van der Waals surface area contributed by atoms with Gasteiger partial charge in [0.05, 0.1) is 7.85 Å². The number of hydrogen-bond acceptors (Lipinski definition) is 3. The number of nitrogens with two attached hydrogens (primary N) is 1. The minimum Gasteiger partial charge on any atom is -0.445 e. The van der Waals surface area contributed by atoms with Crippen LogP contribution in [0.5, 0.6) is 0 Å². The van der Waals surface area contributed by atoms with Crippen molar-refractivity contribution in [3.8, 4) is 0 Å². The van der Waals surface area contributed by atoms with Crippen molar-refractivity contribution >= 4 is 13.9 Å². The van der Waals surface area contributed by atoms with Gasteiger partial charge in [-0.3, -0.25) is 0 Å². The predicted octanol–water partition coefficient (Wildman–Crippen LogP) is 1.15. The molecule has 5 heteroatoms. The van der Waals surface area contributed by atoms with Crippen LogP contribution in [0.15, 0.2) is 30.3 Å². The molecule has 0 fully saturated rings. The lowest BCUT2D eigenvalue weighted by atomic mass is 9.92. The highest BCUT2D eigenvalue weighted by Gasteiger charge is 2.07. The molecule has 0 heterocycles. The zero-order chi connectivity index (χ0) is 12.5. The van der Waals surface area contributed by atoms with Crippen molar-refractivity contribution in [2.45, 2.75) is 25.4 Å². The van der Waals surface area contributed by atoms with Gasteiger partial charge in [0.15, 0.2) is 0 Å². The van der Waals surface area contributed by atoms with Gasteiger partial charge >= 0.3 is 6.09 Å². The molecule has 0 aromatic heterocycles. The molecular formula is C12H17BN2O2. The lowest BCUT2D eigenvalue weighted by molar-refractivity contribution is 0.138. The molecule has 0 aliphatic rings. The molecule has 0 spiro atoms. The Balaban J connectivity index is 2.21. The Morgan fingerprint density at radius 3 is 2.76 bits per heavy atom. The lowest BCUT2D eigenvalue weighted by Gasteiger charge is -2.13. The van der Waals surface area contributed by atoms with Crippen LogP contribution in [0.1, 0.15) is 18.4 Å². The summed E-state index contributed by atoms with van der Waals surface area (Å²) in [5, 5.41) is 2.55. The van der Waals surface area contributed by atoms with Gasteiger partial charge < -0.3 is 15.8 Å². The second-order valence-electron chi connectivity index (χ2n) is 3.74. The normalized spacial score (nSPS) is 11.8. The number of rotatable bonds is 6. The standard InChI is InChI=1S/C12H17BN2O2/c13-11(7-4-8-14)15-12(16)17-9-10-5-2-1-3-6-10/h1-3,5-6,11H,4,7-9,14H2,(H,15,16)/t11-/m0/s1. The Labute approximate surface area is 103 Å². The zero-order valence-corrected chi connectivity index (χ0v) is 9.76. The summed E-state index contributed by atoms with van der Waals surface area (Å²) >= 11 is 0. The van der Waals surface area contributed by atoms with Crippen molar-refractivity contribution in [2.24, 2.45) is 5.73 Å². The molecule has 2 radical (unpaired) electrons. The topological polar surface area (TPSA) is 64.3 Å². The molecule has 0 aliphatic heterocycles. The molecule has 3 N–H and O–H groups in total. The van der Waals surface area contributed by atoms with Gasteiger partial charge in [0.25, 0.3) is 0 Å². The van der Waals surface area contributed by atoms with E-state index < -0.39 is 12.0 Å². The highest BCUT2D eigenvalue weighted by Crippen LogP contribution is 2.01. The highest BCUT2D eigenvalue weighted by molar-refractivity contribution is 6.12. The number of hydrogen-bond donors (Lipinski definition) is 2. The van der Waals surface area contributed by atoms with E-state index in [-0.39, 0.29) is 6.61 Å². The van der Waals surface area contributed by atoms with Crippen LogP contribution in [0, 0.1) is 0 Å². The van der Waals surface area contributed by atoms with Gasteiger partial charge in [0.1, 0.15) is 6.61 Å². The second kappa shape index (κ2) is 7.73. The van der Waals surface area contributed by atoms with Crippen LogP contribution in [0.4, 0.5) is 4.79 Å². The molecule has 0 unspecified atom stereocenters. The zero-order valence-electron chi connectivity index (χ0n) is 9.76. The van der Waals surface area contributed by atoms with Gasteiger partial charge in [-0.05, 0) is 30.9 Å². The summed E-state index contributed by atoms with van der Waals surface area (Å²) in [5.41, 5.74) is 6.29.